The van der Waals surface area contributed by atoms with E-state index in [2.05, 4.69) is 6.92 Å². The van der Waals surface area contributed by atoms with Gasteiger partial charge in [-0.05, 0) is 42.4 Å². The molecule has 0 saturated heterocycles. The first kappa shape index (κ1) is 12.8. The Labute approximate surface area is 107 Å². The highest BCUT2D eigenvalue weighted by molar-refractivity contribution is 6.30. The van der Waals surface area contributed by atoms with Crippen molar-refractivity contribution in [2.45, 2.75) is 45.1 Å². The van der Waals surface area contributed by atoms with E-state index in [0.717, 1.165) is 12.0 Å². The van der Waals surface area contributed by atoms with Crippen molar-refractivity contribution in [3.63, 3.8) is 0 Å². The van der Waals surface area contributed by atoms with Crippen LogP contribution in [0.4, 0.5) is 4.39 Å². The third-order valence-corrected chi connectivity index (χ3v) is 4.37. The Kier molecular flexibility index (Phi) is 3.74. The topological polar surface area (TPSA) is 26.0 Å². The molecule has 0 bridgehead atoms. The molecule has 0 radical (unpaired) electrons. The second-order valence-corrected chi connectivity index (χ2v) is 5.83. The maximum atomic E-state index is 13.0. The molecule has 94 valence electrons. The minimum Gasteiger partial charge on any atom is -0.327 e. The van der Waals surface area contributed by atoms with Crippen LogP contribution in [-0.2, 0) is 6.42 Å². The Bertz CT molecular complexity index is 399. The highest BCUT2D eigenvalue weighted by atomic mass is 35.5. The molecule has 1 atom stereocenters. The zero-order chi connectivity index (χ0) is 12.5. The van der Waals surface area contributed by atoms with Crippen LogP contribution >= 0.6 is 11.6 Å². The number of hydrogen-bond acceptors (Lipinski definition) is 1. The molecule has 2 N–H and O–H groups in total. The van der Waals surface area contributed by atoms with Crippen LogP contribution in [-0.4, -0.2) is 6.04 Å². The van der Waals surface area contributed by atoms with Gasteiger partial charge in [-0.1, -0.05) is 37.4 Å². The average Bonchev–Trinajstić information content (AvgIpc) is 2.72. The lowest BCUT2D eigenvalue weighted by Gasteiger charge is -2.31. The van der Waals surface area contributed by atoms with E-state index >= 15 is 0 Å². The van der Waals surface area contributed by atoms with Crippen molar-refractivity contribution in [1.82, 2.24) is 0 Å². The highest BCUT2D eigenvalue weighted by Gasteiger charge is 2.34. The van der Waals surface area contributed by atoms with Gasteiger partial charge in [-0.25, -0.2) is 4.39 Å². The summed E-state index contributed by atoms with van der Waals surface area (Å²) in [6.45, 7) is 2.26. The summed E-state index contributed by atoms with van der Waals surface area (Å²) in [5.74, 6) is -0.365. The third-order valence-electron chi connectivity index (χ3n) is 4.08. The van der Waals surface area contributed by atoms with Gasteiger partial charge in [-0.15, -0.1) is 0 Å². The molecule has 1 fully saturated rings. The molecular weight excluding hydrogens is 237 g/mol. The molecule has 2 rings (SSSR count). The van der Waals surface area contributed by atoms with E-state index in [4.69, 9.17) is 17.3 Å². The van der Waals surface area contributed by atoms with Crippen LogP contribution in [0.2, 0.25) is 5.02 Å². The van der Waals surface area contributed by atoms with Gasteiger partial charge in [0.2, 0.25) is 0 Å². The van der Waals surface area contributed by atoms with E-state index in [1.807, 2.05) is 0 Å². The summed E-state index contributed by atoms with van der Waals surface area (Å²) in [5, 5.41) is 0.186. The van der Waals surface area contributed by atoms with Crippen molar-refractivity contribution in [1.29, 1.82) is 0 Å². The lowest BCUT2D eigenvalue weighted by atomic mass is 9.78. The molecule has 0 aliphatic heterocycles. The van der Waals surface area contributed by atoms with Crippen LogP contribution in [0, 0.1) is 11.2 Å². The SMILES string of the molecule is CC1(C(N)Cc2ccc(F)c(Cl)c2)CCCC1. The first-order chi connectivity index (χ1) is 8.01. The van der Waals surface area contributed by atoms with Crippen LogP contribution in [0.15, 0.2) is 18.2 Å². The third kappa shape index (κ3) is 2.80. The first-order valence-corrected chi connectivity index (χ1v) is 6.58. The molecule has 1 aliphatic carbocycles. The lowest BCUT2D eigenvalue weighted by molar-refractivity contribution is 0.260. The van der Waals surface area contributed by atoms with E-state index < -0.39 is 0 Å². The van der Waals surface area contributed by atoms with Gasteiger partial charge >= 0.3 is 0 Å². The standard InChI is InChI=1S/C14H19ClFN/c1-14(6-2-3-7-14)13(17)9-10-4-5-12(16)11(15)8-10/h4-5,8,13H,2-3,6-7,9,17H2,1H3. The Morgan fingerprint density at radius 2 is 2.06 bits per heavy atom. The Balaban J connectivity index is 2.07. The van der Waals surface area contributed by atoms with Crippen molar-refractivity contribution in [3.05, 3.63) is 34.6 Å². The molecule has 1 nitrogen and oxygen atoms in total. The number of rotatable bonds is 3. The van der Waals surface area contributed by atoms with Crippen molar-refractivity contribution >= 4 is 11.6 Å². The lowest BCUT2D eigenvalue weighted by Crippen LogP contribution is -2.39. The average molecular weight is 256 g/mol. The van der Waals surface area contributed by atoms with Gasteiger partial charge in [-0.3, -0.25) is 0 Å². The highest BCUT2D eigenvalue weighted by Crippen LogP contribution is 2.40. The maximum absolute atomic E-state index is 13.0. The molecule has 3 heteroatoms. The summed E-state index contributed by atoms with van der Waals surface area (Å²) < 4.78 is 13.0. The first-order valence-electron chi connectivity index (χ1n) is 6.21. The Morgan fingerprint density at radius 1 is 1.41 bits per heavy atom. The van der Waals surface area contributed by atoms with Crippen molar-refractivity contribution in [2.24, 2.45) is 11.1 Å². The number of benzene rings is 1. The van der Waals surface area contributed by atoms with Gasteiger partial charge in [0.15, 0.2) is 0 Å². The number of nitrogens with two attached hydrogens (primary N) is 1. The van der Waals surface area contributed by atoms with Gasteiger partial charge in [0.05, 0.1) is 5.02 Å². The summed E-state index contributed by atoms with van der Waals surface area (Å²) >= 11 is 5.78. The van der Waals surface area contributed by atoms with E-state index in [1.165, 1.54) is 31.7 Å². The predicted molar refractivity (Wildman–Crippen MR) is 69.7 cm³/mol. The molecular formula is C14H19ClFN. The van der Waals surface area contributed by atoms with Crippen molar-refractivity contribution < 1.29 is 4.39 Å². The monoisotopic (exact) mass is 255 g/mol. The van der Waals surface area contributed by atoms with Crippen LogP contribution in [0.1, 0.15) is 38.2 Å². The maximum Gasteiger partial charge on any atom is 0.141 e. The Hall–Kier alpha value is -0.600. The van der Waals surface area contributed by atoms with E-state index in [1.54, 1.807) is 12.1 Å². The van der Waals surface area contributed by atoms with Crippen molar-refractivity contribution in [2.75, 3.05) is 0 Å². The van der Waals surface area contributed by atoms with E-state index in [0.29, 0.717) is 0 Å². The Morgan fingerprint density at radius 3 is 2.65 bits per heavy atom. The molecule has 1 aromatic carbocycles. The van der Waals surface area contributed by atoms with Gasteiger partial charge in [0, 0.05) is 6.04 Å². The van der Waals surface area contributed by atoms with Crippen LogP contribution in [0.3, 0.4) is 0 Å². The second-order valence-electron chi connectivity index (χ2n) is 5.42. The molecule has 0 aromatic heterocycles. The smallest absolute Gasteiger partial charge is 0.141 e. The summed E-state index contributed by atoms with van der Waals surface area (Å²) in [4.78, 5) is 0. The fourth-order valence-corrected chi connectivity index (χ4v) is 2.92. The zero-order valence-corrected chi connectivity index (χ0v) is 10.9. The summed E-state index contributed by atoms with van der Waals surface area (Å²) in [5.41, 5.74) is 7.56. The van der Waals surface area contributed by atoms with E-state index in [9.17, 15) is 4.39 Å². The fourth-order valence-electron chi connectivity index (χ4n) is 2.72. The molecule has 0 heterocycles. The molecule has 0 spiro atoms. The quantitative estimate of drug-likeness (QED) is 0.870. The number of halogens is 2. The van der Waals surface area contributed by atoms with Gasteiger partial charge in [-0.2, -0.15) is 0 Å². The normalized spacial score (nSPS) is 20.5. The zero-order valence-electron chi connectivity index (χ0n) is 10.2. The largest absolute Gasteiger partial charge is 0.327 e. The van der Waals surface area contributed by atoms with Gasteiger partial charge in [0.25, 0.3) is 0 Å². The minimum absolute atomic E-state index is 0.131. The molecule has 1 unspecified atom stereocenters. The van der Waals surface area contributed by atoms with Gasteiger partial charge in [0.1, 0.15) is 5.82 Å². The van der Waals surface area contributed by atoms with Crippen LogP contribution < -0.4 is 5.73 Å². The summed E-state index contributed by atoms with van der Waals surface area (Å²) in [7, 11) is 0. The van der Waals surface area contributed by atoms with Crippen LogP contribution in [0.5, 0.6) is 0 Å². The number of hydrogen-bond donors (Lipinski definition) is 1. The molecule has 1 aromatic rings. The van der Waals surface area contributed by atoms with Crippen molar-refractivity contribution in [3.8, 4) is 0 Å². The molecule has 0 amide bonds. The summed E-state index contributed by atoms with van der Waals surface area (Å²) in [6.07, 6.45) is 5.71. The molecule has 1 saturated carbocycles. The van der Waals surface area contributed by atoms with Gasteiger partial charge < -0.3 is 5.73 Å². The molecule has 17 heavy (non-hydrogen) atoms. The second kappa shape index (κ2) is 4.95. The van der Waals surface area contributed by atoms with Crippen LogP contribution in [0.25, 0.3) is 0 Å². The summed E-state index contributed by atoms with van der Waals surface area (Å²) in [6, 6.07) is 5.02. The fraction of sp³-hybridized carbons (Fsp3) is 0.571. The van der Waals surface area contributed by atoms with E-state index in [-0.39, 0.29) is 22.3 Å². The minimum atomic E-state index is -0.365. The molecule has 1 aliphatic rings. The predicted octanol–water partition coefficient (Wildman–Crippen LogP) is 3.93.